The van der Waals surface area contributed by atoms with Gasteiger partial charge in [-0.2, -0.15) is 5.10 Å². The number of benzene rings is 2. The minimum Gasteiger partial charge on any atom is -0.494 e. The predicted octanol–water partition coefficient (Wildman–Crippen LogP) is 3.67. The lowest BCUT2D eigenvalue weighted by Crippen LogP contribution is -2.21. The summed E-state index contributed by atoms with van der Waals surface area (Å²) in [7, 11) is 0. The van der Waals surface area contributed by atoms with E-state index in [0.717, 1.165) is 11.1 Å². The smallest absolute Gasteiger partial charge is 0.307 e. The molecule has 4 aromatic rings. The van der Waals surface area contributed by atoms with Crippen LogP contribution >= 0.6 is 0 Å². The highest BCUT2D eigenvalue weighted by molar-refractivity contribution is 6.02. The number of furan rings is 1. The Morgan fingerprint density at radius 1 is 1.07 bits per heavy atom. The molecule has 2 N–H and O–H groups in total. The molecule has 4 rings (SSSR count). The third kappa shape index (κ3) is 3.37. The van der Waals surface area contributed by atoms with Crippen LogP contribution in [0, 0.1) is 13.8 Å². The molecule has 0 radical (unpaired) electrons. The summed E-state index contributed by atoms with van der Waals surface area (Å²) in [4.78, 5) is 25.1. The van der Waals surface area contributed by atoms with Crippen molar-refractivity contribution < 1.29 is 14.3 Å². The zero-order valence-electron chi connectivity index (χ0n) is 16.4. The highest BCUT2D eigenvalue weighted by Crippen LogP contribution is 2.26. The van der Waals surface area contributed by atoms with Gasteiger partial charge in [0.05, 0.1) is 23.7 Å². The van der Waals surface area contributed by atoms with E-state index >= 15 is 0 Å². The van der Waals surface area contributed by atoms with Crippen molar-refractivity contribution >= 4 is 22.9 Å². The van der Waals surface area contributed by atoms with Crippen LogP contribution in [0.25, 0.3) is 16.5 Å². The van der Waals surface area contributed by atoms with E-state index < -0.39 is 5.91 Å². The van der Waals surface area contributed by atoms with E-state index in [1.54, 1.807) is 36.4 Å². The maximum Gasteiger partial charge on any atom is 0.307 e. The minimum absolute atomic E-state index is 0.112. The van der Waals surface area contributed by atoms with Gasteiger partial charge in [-0.05, 0) is 55.3 Å². The highest BCUT2D eigenvalue weighted by Gasteiger charge is 2.17. The van der Waals surface area contributed by atoms with Gasteiger partial charge >= 0.3 is 5.91 Å². The predicted molar refractivity (Wildman–Crippen MR) is 114 cm³/mol. The van der Waals surface area contributed by atoms with Gasteiger partial charge in [0, 0.05) is 10.8 Å². The van der Waals surface area contributed by atoms with Gasteiger partial charge in [-0.3, -0.25) is 9.59 Å². The lowest BCUT2D eigenvalue weighted by molar-refractivity contribution is 0.0927. The molecule has 0 spiro atoms. The largest absolute Gasteiger partial charge is 0.494 e. The maximum absolute atomic E-state index is 13.1. The van der Waals surface area contributed by atoms with Crippen LogP contribution in [0.4, 0.5) is 0 Å². The molecular formula is C23H19N3O4. The van der Waals surface area contributed by atoms with Gasteiger partial charge in [-0.25, -0.2) is 9.99 Å². The average molecular weight is 401 g/mol. The Morgan fingerprint density at radius 2 is 1.83 bits per heavy atom. The van der Waals surface area contributed by atoms with E-state index in [4.69, 9.17) is 4.42 Å². The second-order valence-corrected chi connectivity index (χ2v) is 6.87. The fraction of sp³-hybridized carbons (Fsp3) is 0.0870. The van der Waals surface area contributed by atoms with Crippen molar-refractivity contribution in [3.05, 3.63) is 93.7 Å². The summed E-state index contributed by atoms with van der Waals surface area (Å²) in [6.45, 7) is 3.91. The molecule has 0 fully saturated rings. The fourth-order valence-electron chi connectivity index (χ4n) is 3.21. The summed E-state index contributed by atoms with van der Waals surface area (Å²) in [6.07, 6.45) is 2.70. The van der Waals surface area contributed by atoms with E-state index in [9.17, 15) is 14.7 Å². The number of amides is 1. The lowest BCUT2D eigenvalue weighted by atomic mass is 10.1. The Hall–Kier alpha value is -4.13. The van der Waals surface area contributed by atoms with Gasteiger partial charge in [-0.1, -0.05) is 24.3 Å². The molecule has 7 heteroatoms. The number of aromatic nitrogens is 1. The van der Waals surface area contributed by atoms with Crippen LogP contribution in [-0.4, -0.2) is 21.8 Å². The summed E-state index contributed by atoms with van der Waals surface area (Å²) in [5.74, 6) is -0.679. The first kappa shape index (κ1) is 19.2. The van der Waals surface area contributed by atoms with E-state index in [1.165, 1.54) is 23.1 Å². The van der Waals surface area contributed by atoms with Gasteiger partial charge < -0.3 is 9.52 Å². The first-order chi connectivity index (χ1) is 14.5. The molecule has 0 aliphatic carbocycles. The second-order valence-electron chi connectivity index (χ2n) is 6.87. The summed E-state index contributed by atoms with van der Waals surface area (Å²) in [6, 6.07) is 15.5. The maximum atomic E-state index is 13.1. The number of hydrogen-bond acceptors (Lipinski definition) is 5. The molecule has 0 atom stereocenters. The summed E-state index contributed by atoms with van der Waals surface area (Å²) in [5.41, 5.74) is 4.93. The van der Waals surface area contributed by atoms with Gasteiger partial charge in [0.15, 0.2) is 5.76 Å². The number of aromatic hydroxyl groups is 1. The molecule has 0 saturated carbocycles. The number of carbonyl (C=O) groups is 1. The molecule has 2 heterocycles. The molecule has 0 aliphatic rings. The van der Waals surface area contributed by atoms with E-state index in [-0.39, 0.29) is 17.2 Å². The van der Waals surface area contributed by atoms with Crippen LogP contribution < -0.4 is 11.0 Å². The molecule has 0 saturated heterocycles. The van der Waals surface area contributed by atoms with Crippen LogP contribution in [0.3, 0.4) is 0 Å². The van der Waals surface area contributed by atoms with Gasteiger partial charge in [0.25, 0.3) is 5.56 Å². The van der Waals surface area contributed by atoms with E-state index in [0.29, 0.717) is 22.0 Å². The lowest BCUT2D eigenvalue weighted by Gasteiger charge is -2.14. The van der Waals surface area contributed by atoms with Gasteiger partial charge in [-0.15, -0.1) is 0 Å². The Bertz CT molecular complexity index is 1330. The fourth-order valence-corrected chi connectivity index (χ4v) is 3.21. The summed E-state index contributed by atoms with van der Waals surface area (Å²) < 4.78 is 6.27. The number of pyridine rings is 1. The van der Waals surface area contributed by atoms with Crippen molar-refractivity contribution in [2.75, 3.05) is 0 Å². The SMILES string of the molecule is Cc1ccc(-n2c(O)c(/C=N/NC(=O)c3ccco3)c3ccccc3c2=O)cc1C. The van der Waals surface area contributed by atoms with Crippen LogP contribution in [0.15, 0.2) is 75.2 Å². The number of nitrogens with zero attached hydrogens (tertiary/aromatic N) is 2. The number of hydrazone groups is 1. The third-order valence-corrected chi connectivity index (χ3v) is 4.96. The number of rotatable bonds is 4. The normalized spacial score (nSPS) is 11.3. The second kappa shape index (κ2) is 7.71. The minimum atomic E-state index is -0.525. The average Bonchev–Trinajstić information content (AvgIpc) is 3.28. The zero-order chi connectivity index (χ0) is 21.3. The molecule has 7 nitrogen and oxygen atoms in total. The Labute approximate surface area is 171 Å². The summed E-state index contributed by atoms with van der Waals surface area (Å²) >= 11 is 0. The van der Waals surface area contributed by atoms with Crippen molar-refractivity contribution in [1.29, 1.82) is 0 Å². The molecule has 0 aliphatic heterocycles. The van der Waals surface area contributed by atoms with Gasteiger partial charge in [0.1, 0.15) is 0 Å². The molecule has 0 bridgehead atoms. The quantitative estimate of drug-likeness (QED) is 0.403. The monoisotopic (exact) mass is 401 g/mol. The highest BCUT2D eigenvalue weighted by atomic mass is 16.3. The number of nitrogens with one attached hydrogen (secondary N) is 1. The van der Waals surface area contributed by atoms with Gasteiger partial charge in [0.2, 0.25) is 5.88 Å². The topological polar surface area (TPSA) is 96.8 Å². The molecular weight excluding hydrogens is 382 g/mol. The molecule has 150 valence electrons. The van der Waals surface area contributed by atoms with E-state index in [1.807, 2.05) is 26.0 Å². The van der Waals surface area contributed by atoms with Crippen LogP contribution in [0.5, 0.6) is 5.88 Å². The number of carbonyl (C=O) groups excluding carboxylic acids is 1. The molecule has 2 aromatic carbocycles. The van der Waals surface area contributed by atoms with Crippen molar-refractivity contribution in [1.82, 2.24) is 9.99 Å². The van der Waals surface area contributed by atoms with Crippen LogP contribution in [0.1, 0.15) is 27.2 Å². The molecule has 2 aromatic heterocycles. The summed E-state index contributed by atoms with van der Waals surface area (Å²) in [5, 5.41) is 15.9. The number of aryl methyl sites for hydroxylation is 2. The molecule has 0 unspecified atom stereocenters. The Balaban J connectivity index is 1.84. The van der Waals surface area contributed by atoms with Crippen LogP contribution in [0.2, 0.25) is 0 Å². The zero-order valence-corrected chi connectivity index (χ0v) is 16.4. The van der Waals surface area contributed by atoms with Crippen molar-refractivity contribution in [2.45, 2.75) is 13.8 Å². The number of hydrogen-bond donors (Lipinski definition) is 2. The van der Waals surface area contributed by atoms with Crippen molar-refractivity contribution in [2.24, 2.45) is 5.10 Å². The standard InChI is InChI=1S/C23H19N3O4/c1-14-9-10-16(12-15(14)2)26-22(28)18-7-4-3-6-17(18)19(23(26)29)13-24-25-21(27)20-8-5-11-30-20/h3-13,29H,1-2H3,(H,25,27)/b24-13+. The van der Waals surface area contributed by atoms with E-state index in [2.05, 4.69) is 10.5 Å². The molecule has 30 heavy (non-hydrogen) atoms. The van der Waals surface area contributed by atoms with Crippen LogP contribution in [-0.2, 0) is 0 Å². The number of fused-ring (bicyclic) bond motifs is 1. The first-order valence-electron chi connectivity index (χ1n) is 9.28. The van der Waals surface area contributed by atoms with Crippen molar-refractivity contribution in [3.8, 4) is 11.6 Å². The first-order valence-corrected chi connectivity index (χ1v) is 9.28. The molecule has 1 amide bonds. The van der Waals surface area contributed by atoms with Crippen molar-refractivity contribution in [3.63, 3.8) is 0 Å². The Morgan fingerprint density at radius 3 is 2.53 bits per heavy atom. The third-order valence-electron chi connectivity index (χ3n) is 4.96. The Kier molecular flexibility index (Phi) is 4.93.